The molecule has 0 spiro atoms. The van der Waals surface area contributed by atoms with Gasteiger partial charge in [0.1, 0.15) is 22.5 Å². The maximum Gasteiger partial charge on any atom is 0.573 e. The van der Waals surface area contributed by atoms with E-state index in [9.17, 15) is 18.3 Å². The summed E-state index contributed by atoms with van der Waals surface area (Å²) in [5.41, 5.74) is 8.01. The summed E-state index contributed by atoms with van der Waals surface area (Å²) in [5.74, 6) is -0.374. The Hall–Kier alpha value is -2.87. The Bertz CT molecular complexity index is 880. The third-order valence-corrected chi connectivity index (χ3v) is 3.42. The minimum Gasteiger partial charge on any atom is -0.505 e. The van der Waals surface area contributed by atoms with Gasteiger partial charge in [-0.15, -0.1) is 13.2 Å². The van der Waals surface area contributed by atoms with E-state index in [1.165, 1.54) is 36.7 Å². The third kappa shape index (κ3) is 3.09. The molecule has 124 valence electrons. The van der Waals surface area contributed by atoms with Crippen molar-refractivity contribution in [2.45, 2.75) is 12.9 Å². The molecule has 5 nitrogen and oxygen atoms in total. The van der Waals surface area contributed by atoms with Crippen LogP contribution in [0.15, 0.2) is 42.7 Å². The van der Waals surface area contributed by atoms with E-state index in [-0.39, 0.29) is 23.6 Å². The molecule has 0 amide bonds. The Kier molecular flexibility index (Phi) is 3.98. The summed E-state index contributed by atoms with van der Waals surface area (Å²) in [6, 6.07) is 7.01. The lowest BCUT2D eigenvalue weighted by Gasteiger charge is -2.12. The van der Waals surface area contributed by atoms with E-state index in [0.29, 0.717) is 22.2 Å². The van der Waals surface area contributed by atoms with Crippen molar-refractivity contribution < 1.29 is 23.0 Å². The van der Waals surface area contributed by atoms with Crippen LogP contribution in [-0.2, 0) is 6.54 Å². The molecule has 1 aromatic heterocycles. The number of benzene rings is 2. The van der Waals surface area contributed by atoms with Crippen molar-refractivity contribution in [1.82, 2.24) is 9.97 Å². The van der Waals surface area contributed by atoms with Crippen molar-refractivity contribution in [2.75, 3.05) is 0 Å². The number of aromatic hydroxyl groups is 1. The molecule has 0 aliphatic rings. The van der Waals surface area contributed by atoms with Crippen molar-refractivity contribution >= 4 is 11.0 Å². The van der Waals surface area contributed by atoms with E-state index in [0.717, 1.165) is 0 Å². The summed E-state index contributed by atoms with van der Waals surface area (Å²) < 4.78 is 40.6. The van der Waals surface area contributed by atoms with E-state index in [4.69, 9.17) is 5.73 Å². The van der Waals surface area contributed by atoms with Gasteiger partial charge in [-0.2, -0.15) is 0 Å². The minimum absolute atomic E-state index is 0.0543. The highest BCUT2D eigenvalue weighted by Crippen LogP contribution is 2.35. The van der Waals surface area contributed by atoms with Crippen LogP contribution in [0.2, 0.25) is 0 Å². The fourth-order valence-electron chi connectivity index (χ4n) is 2.38. The van der Waals surface area contributed by atoms with Crippen LogP contribution >= 0.6 is 0 Å². The zero-order valence-corrected chi connectivity index (χ0v) is 12.2. The highest BCUT2D eigenvalue weighted by Gasteiger charge is 2.31. The zero-order chi connectivity index (χ0) is 17.3. The molecular formula is C16H12F3N3O2. The second kappa shape index (κ2) is 5.97. The number of nitrogens with two attached hydrogens (primary N) is 1. The average Bonchev–Trinajstić information content (AvgIpc) is 2.55. The summed E-state index contributed by atoms with van der Waals surface area (Å²) in [6.45, 7) is 0.0839. The maximum atomic E-state index is 12.2. The van der Waals surface area contributed by atoms with Gasteiger partial charge < -0.3 is 15.6 Å². The maximum absolute atomic E-state index is 12.2. The first kappa shape index (κ1) is 16.0. The number of phenols is 1. The second-order valence-corrected chi connectivity index (χ2v) is 4.96. The molecule has 8 heteroatoms. The van der Waals surface area contributed by atoms with E-state index < -0.39 is 6.36 Å². The number of fused-ring (bicyclic) bond motifs is 1. The fraction of sp³-hybridized carbons (Fsp3) is 0.125. The zero-order valence-electron chi connectivity index (χ0n) is 12.2. The molecule has 3 rings (SSSR count). The summed E-state index contributed by atoms with van der Waals surface area (Å²) in [4.78, 5) is 8.30. The number of ether oxygens (including phenoxy) is 1. The van der Waals surface area contributed by atoms with Crippen LogP contribution in [0.25, 0.3) is 22.2 Å². The van der Waals surface area contributed by atoms with Crippen LogP contribution in [-0.4, -0.2) is 21.4 Å². The lowest BCUT2D eigenvalue weighted by Crippen LogP contribution is -2.16. The van der Waals surface area contributed by atoms with Gasteiger partial charge in [-0.3, -0.25) is 4.98 Å². The first-order valence-corrected chi connectivity index (χ1v) is 6.91. The van der Waals surface area contributed by atoms with E-state index >= 15 is 0 Å². The topological polar surface area (TPSA) is 81.3 Å². The summed E-state index contributed by atoms with van der Waals surface area (Å²) in [6.07, 6.45) is -1.84. The molecular weight excluding hydrogens is 323 g/mol. The molecule has 0 aliphatic carbocycles. The molecule has 0 aliphatic heterocycles. The van der Waals surface area contributed by atoms with Crippen LogP contribution in [0.5, 0.6) is 11.5 Å². The van der Waals surface area contributed by atoms with Gasteiger partial charge in [0.05, 0.1) is 0 Å². The Balaban J connectivity index is 2.11. The Labute approximate surface area is 134 Å². The van der Waals surface area contributed by atoms with E-state index in [1.807, 2.05) is 0 Å². The van der Waals surface area contributed by atoms with Crippen LogP contribution in [0.4, 0.5) is 13.2 Å². The predicted octanol–water partition coefficient (Wildman–Crippen LogP) is 3.36. The number of rotatable bonds is 3. The van der Waals surface area contributed by atoms with Gasteiger partial charge in [-0.1, -0.05) is 12.1 Å². The molecule has 0 fully saturated rings. The lowest BCUT2D eigenvalue weighted by atomic mass is 9.99. The molecule has 3 N–H and O–H groups in total. The van der Waals surface area contributed by atoms with Crippen LogP contribution < -0.4 is 10.5 Å². The number of halogens is 3. The quantitative estimate of drug-likeness (QED) is 0.767. The van der Waals surface area contributed by atoms with Gasteiger partial charge in [0, 0.05) is 30.1 Å². The Morgan fingerprint density at radius 1 is 1.04 bits per heavy atom. The average molecular weight is 335 g/mol. The van der Waals surface area contributed by atoms with E-state index in [2.05, 4.69) is 14.7 Å². The first-order chi connectivity index (χ1) is 11.4. The smallest absolute Gasteiger partial charge is 0.505 e. The van der Waals surface area contributed by atoms with Gasteiger partial charge in [0.15, 0.2) is 0 Å². The third-order valence-electron chi connectivity index (χ3n) is 3.42. The van der Waals surface area contributed by atoms with Crippen molar-refractivity contribution in [1.29, 1.82) is 0 Å². The Morgan fingerprint density at radius 2 is 1.67 bits per heavy atom. The molecule has 0 bridgehead atoms. The highest BCUT2D eigenvalue weighted by atomic mass is 19.4. The van der Waals surface area contributed by atoms with Crippen molar-refractivity contribution in [3.8, 4) is 22.6 Å². The van der Waals surface area contributed by atoms with Crippen LogP contribution in [0, 0.1) is 0 Å². The molecule has 24 heavy (non-hydrogen) atoms. The largest absolute Gasteiger partial charge is 0.573 e. The standard InChI is InChI=1S/C16H12F3N3O2/c17-16(18,19)24-11-3-1-9(2-4-11)12-7-10(8-20)15(23)14-13(12)21-5-6-22-14/h1-7,23H,8,20H2. The summed E-state index contributed by atoms with van der Waals surface area (Å²) >= 11 is 0. The number of phenolic OH excluding ortho intramolecular Hbond substituents is 1. The van der Waals surface area contributed by atoms with Crippen molar-refractivity contribution in [3.63, 3.8) is 0 Å². The number of aromatic nitrogens is 2. The van der Waals surface area contributed by atoms with Gasteiger partial charge in [0.2, 0.25) is 0 Å². The molecule has 0 radical (unpaired) electrons. The van der Waals surface area contributed by atoms with Crippen LogP contribution in [0.1, 0.15) is 5.56 Å². The predicted molar refractivity (Wildman–Crippen MR) is 81.2 cm³/mol. The molecule has 0 saturated carbocycles. The molecule has 0 unspecified atom stereocenters. The number of hydrogen-bond donors (Lipinski definition) is 2. The van der Waals surface area contributed by atoms with Crippen molar-refractivity contribution in [2.24, 2.45) is 5.73 Å². The molecule has 0 saturated heterocycles. The fourth-order valence-corrected chi connectivity index (χ4v) is 2.38. The molecule has 1 heterocycles. The first-order valence-electron chi connectivity index (χ1n) is 6.91. The number of alkyl halides is 3. The van der Waals surface area contributed by atoms with E-state index in [1.54, 1.807) is 6.07 Å². The van der Waals surface area contributed by atoms with Gasteiger partial charge in [-0.05, 0) is 23.8 Å². The minimum atomic E-state index is -4.75. The lowest BCUT2D eigenvalue weighted by molar-refractivity contribution is -0.274. The summed E-state index contributed by atoms with van der Waals surface area (Å²) in [7, 11) is 0. The second-order valence-electron chi connectivity index (χ2n) is 4.96. The Morgan fingerprint density at radius 3 is 2.25 bits per heavy atom. The van der Waals surface area contributed by atoms with Gasteiger partial charge >= 0.3 is 6.36 Å². The number of hydrogen-bond acceptors (Lipinski definition) is 5. The van der Waals surface area contributed by atoms with Crippen molar-refractivity contribution in [3.05, 3.63) is 48.3 Å². The normalized spacial score (nSPS) is 11.7. The molecule has 3 aromatic rings. The molecule has 0 atom stereocenters. The van der Waals surface area contributed by atoms with Gasteiger partial charge in [0.25, 0.3) is 0 Å². The monoisotopic (exact) mass is 335 g/mol. The summed E-state index contributed by atoms with van der Waals surface area (Å²) in [5, 5.41) is 10.2. The highest BCUT2D eigenvalue weighted by molar-refractivity contribution is 5.95. The van der Waals surface area contributed by atoms with Crippen LogP contribution in [0.3, 0.4) is 0 Å². The number of nitrogens with zero attached hydrogens (tertiary/aromatic N) is 2. The molecule has 2 aromatic carbocycles. The van der Waals surface area contributed by atoms with Gasteiger partial charge in [-0.25, -0.2) is 4.98 Å². The SMILES string of the molecule is NCc1cc(-c2ccc(OC(F)(F)F)cc2)c2nccnc2c1O.